The molecule has 120 valence electrons. The maximum absolute atomic E-state index is 12.7. The maximum Gasteiger partial charge on any atom is 0.241 e. The molecule has 0 spiro atoms. The molecule has 3 N–H and O–H groups in total. The third kappa shape index (κ3) is 3.25. The molecular formula is C15H20ClN3O2S. The second kappa shape index (κ2) is 6.91. The van der Waals surface area contributed by atoms with E-state index in [1.807, 2.05) is 6.07 Å². The molecule has 2 unspecified atom stereocenters. The molecular weight excluding hydrogens is 322 g/mol. The zero-order valence-electron chi connectivity index (χ0n) is 12.1. The van der Waals surface area contributed by atoms with E-state index in [4.69, 9.17) is 5.73 Å². The monoisotopic (exact) mass is 341 g/mol. The van der Waals surface area contributed by atoms with Crippen LogP contribution in [-0.4, -0.2) is 26.0 Å². The molecule has 1 heterocycles. The Balaban J connectivity index is 0.00000176. The van der Waals surface area contributed by atoms with Gasteiger partial charge >= 0.3 is 0 Å². The van der Waals surface area contributed by atoms with Gasteiger partial charge in [-0.15, -0.1) is 12.4 Å². The molecule has 0 amide bonds. The lowest BCUT2D eigenvalue weighted by molar-refractivity contribution is 0.453. The minimum absolute atomic E-state index is 0. The van der Waals surface area contributed by atoms with E-state index in [9.17, 15) is 8.42 Å². The number of nitrogens with zero attached hydrogens (tertiary/aromatic N) is 1. The number of fused-ring (bicyclic) bond motifs is 1. The number of pyridine rings is 1. The smallest absolute Gasteiger partial charge is 0.241 e. The predicted octanol–water partition coefficient (Wildman–Crippen LogP) is 2.06. The van der Waals surface area contributed by atoms with Gasteiger partial charge in [-0.05, 0) is 49.6 Å². The van der Waals surface area contributed by atoms with Gasteiger partial charge in [-0.2, -0.15) is 0 Å². The van der Waals surface area contributed by atoms with E-state index in [0.29, 0.717) is 17.4 Å². The molecule has 1 aliphatic rings. The van der Waals surface area contributed by atoms with Gasteiger partial charge in [0.2, 0.25) is 10.0 Å². The highest BCUT2D eigenvalue weighted by Gasteiger charge is 2.30. The third-order valence-electron chi connectivity index (χ3n) is 4.16. The van der Waals surface area contributed by atoms with Crippen molar-refractivity contribution in [3.8, 4) is 0 Å². The number of halogens is 1. The predicted molar refractivity (Wildman–Crippen MR) is 89.5 cm³/mol. The molecule has 3 rings (SSSR count). The molecule has 1 fully saturated rings. The van der Waals surface area contributed by atoms with Crippen molar-refractivity contribution in [1.29, 1.82) is 0 Å². The van der Waals surface area contributed by atoms with Crippen LogP contribution in [0.4, 0.5) is 0 Å². The average Bonchev–Trinajstić information content (AvgIpc) is 2.93. The summed E-state index contributed by atoms with van der Waals surface area (Å²) >= 11 is 0. The van der Waals surface area contributed by atoms with Crippen molar-refractivity contribution in [3.63, 3.8) is 0 Å². The van der Waals surface area contributed by atoms with Crippen LogP contribution in [0.25, 0.3) is 10.9 Å². The number of hydrogen-bond donors (Lipinski definition) is 2. The van der Waals surface area contributed by atoms with Crippen LogP contribution in [0.3, 0.4) is 0 Å². The number of sulfonamides is 1. The lowest BCUT2D eigenvalue weighted by Gasteiger charge is -2.20. The summed E-state index contributed by atoms with van der Waals surface area (Å²) in [5.41, 5.74) is 6.41. The van der Waals surface area contributed by atoms with E-state index in [1.165, 1.54) is 0 Å². The maximum atomic E-state index is 12.7. The van der Waals surface area contributed by atoms with E-state index in [2.05, 4.69) is 9.71 Å². The van der Waals surface area contributed by atoms with Crippen molar-refractivity contribution in [2.75, 3.05) is 6.54 Å². The summed E-state index contributed by atoms with van der Waals surface area (Å²) in [5.74, 6) is 0.230. The highest BCUT2D eigenvalue weighted by Crippen LogP contribution is 2.27. The highest BCUT2D eigenvalue weighted by atomic mass is 35.5. The molecule has 1 aromatic heterocycles. The fourth-order valence-electron chi connectivity index (χ4n) is 3.05. The van der Waals surface area contributed by atoms with E-state index < -0.39 is 10.0 Å². The molecule has 0 aliphatic heterocycles. The van der Waals surface area contributed by atoms with Crippen LogP contribution in [0.15, 0.2) is 41.4 Å². The Morgan fingerprint density at radius 1 is 1.23 bits per heavy atom. The molecule has 2 atom stereocenters. The quantitative estimate of drug-likeness (QED) is 0.891. The lowest BCUT2D eigenvalue weighted by Crippen LogP contribution is -2.39. The number of rotatable bonds is 4. The molecule has 1 aliphatic carbocycles. The van der Waals surface area contributed by atoms with Crippen molar-refractivity contribution < 1.29 is 8.42 Å². The summed E-state index contributed by atoms with van der Waals surface area (Å²) in [5, 5.41) is 0.648. The number of hydrogen-bond acceptors (Lipinski definition) is 4. The molecule has 1 saturated carbocycles. The van der Waals surface area contributed by atoms with Gasteiger partial charge in [0.25, 0.3) is 0 Å². The van der Waals surface area contributed by atoms with Crippen LogP contribution in [0.5, 0.6) is 0 Å². The SMILES string of the molecule is Cl.NCC1CCCC1NS(=O)(=O)c1cccc2ncccc12. The van der Waals surface area contributed by atoms with Gasteiger partial charge < -0.3 is 5.73 Å². The Morgan fingerprint density at radius 2 is 2.05 bits per heavy atom. The first-order valence-electron chi connectivity index (χ1n) is 7.18. The van der Waals surface area contributed by atoms with E-state index in [1.54, 1.807) is 30.5 Å². The summed E-state index contributed by atoms with van der Waals surface area (Å²) in [6.07, 6.45) is 4.52. The van der Waals surface area contributed by atoms with Gasteiger partial charge in [0, 0.05) is 17.6 Å². The Hall–Kier alpha value is -1.21. The minimum Gasteiger partial charge on any atom is -0.330 e. The summed E-state index contributed by atoms with van der Waals surface area (Å²) in [6.45, 7) is 0.518. The zero-order chi connectivity index (χ0) is 14.9. The first-order valence-corrected chi connectivity index (χ1v) is 8.66. The zero-order valence-corrected chi connectivity index (χ0v) is 13.7. The van der Waals surface area contributed by atoms with Crippen LogP contribution in [0, 0.1) is 5.92 Å². The molecule has 0 saturated heterocycles. The van der Waals surface area contributed by atoms with Gasteiger partial charge in [-0.25, -0.2) is 13.1 Å². The van der Waals surface area contributed by atoms with Crippen LogP contribution in [0.1, 0.15) is 19.3 Å². The van der Waals surface area contributed by atoms with Gasteiger partial charge in [0.15, 0.2) is 0 Å². The van der Waals surface area contributed by atoms with Crippen molar-refractivity contribution in [1.82, 2.24) is 9.71 Å². The number of nitrogens with one attached hydrogen (secondary N) is 1. The van der Waals surface area contributed by atoms with Crippen LogP contribution >= 0.6 is 12.4 Å². The van der Waals surface area contributed by atoms with E-state index in [-0.39, 0.29) is 29.3 Å². The molecule has 5 nitrogen and oxygen atoms in total. The van der Waals surface area contributed by atoms with Crippen molar-refractivity contribution in [2.24, 2.45) is 11.7 Å². The third-order valence-corrected chi connectivity index (χ3v) is 5.71. The standard InChI is InChI=1S/C15H19N3O2S.ClH/c16-10-11-4-1-6-13(11)18-21(19,20)15-8-2-7-14-12(15)5-3-9-17-14;/h2-3,5,7-9,11,13,18H,1,4,6,10,16H2;1H. The number of benzene rings is 1. The van der Waals surface area contributed by atoms with Gasteiger partial charge in [0.05, 0.1) is 10.4 Å². The van der Waals surface area contributed by atoms with Crippen LogP contribution in [-0.2, 0) is 10.0 Å². The molecule has 0 bridgehead atoms. The first-order chi connectivity index (χ1) is 10.1. The highest BCUT2D eigenvalue weighted by molar-refractivity contribution is 7.89. The van der Waals surface area contributed by atoms with Gasteiger partial charge in [-0.1, -0.05) is 12.5 Å². The second-order valence-electron chi connectivity index (χ2n) is 5.48. The normalized spacial score (nSPS) is 21.7. The number of aromatic nitrogens is 1. The molecule has 2 aromatic rings. The Morgan fingerprint density at radius 3 is 2.82 bits per heavy atom. The average molecular weight is 342 g/mol. The van der Waals surface area contributed by atoms with Gasteiger partial charge in [-0.3, -0.25) is 4.98 Å². The second-order valence-corrected chi connectivity index (χ2v) is 7.16. The first kappa shape index (κ1) is 17.1. The molecule has 1 aromatic carbocycles. The van der Waals surface area contributed by atoms with Crippen LogP contribution in [0.2, 0.25) is 0 Å². The Kier molecular flexibility index (Phi) is 5.39. The summed E-state index contributed by atoms with van der Waals surface area (Å²) in [6, 6.07) is 8.63. The molecule has 22 heavy (non-hydrogen) atoms. The minimum atomic E-state index is -3.56. The summed E-state index contributed by atoms with van der Waals surface area (Å²) in [4.78, 5) is 4.49. The lowest BCUT2D eigenvalue weighted by atomic mass is 10.1. The molecule has 0 radical (unpaired) electrons. The topological polar surface area (TPSA) is 85.1 Å². The Labute approximate surface area is 136 Å². The van der Waals surface area contributed by atoms with E-state index in [0.717, 1.165) is 19.3 Å². The van der Waals surface area contributed by atoms with Crippen molar-refractivity contribution >= 4 is 33.3 Å². The largest absolute Gasteiger partial charge is 0.330 e. The van der Waals surface area contributed by atoms with Crippen LogP contribution < -0.4 is 10.5 Å². The van der Waals surface area contributed by atoms with Crippen molar-refractivity contribution in [3.05, 3.63) is 36.5 Å². The van der Waals surface area contributed by atoms with Gasteiger partial charge in [0.1, 0.15) is 0 Å². The number of nitrogens with two attached hydrogens (primary N) is 1. The van der Waals surface area contributed by atoms with E-state index >= 15 is 0 Å². The Bertz CT molecular complexity index is 746. The summed E-state index contributed by atoms with van der Waals surface area (Å²) in [7, 11) is -3.56. The fourth-order valence-corrected chi connectivity index (χ4v) is 4.60. The fraction of sp³-hybridized carbons (Fsp3) is 0.400. The summed E-state index contributed by atoms with van der Waals surface area (Å²) < 4.78 is 28.2. The van der Waals surface area contributed by atoms with Crippen molar-refractivity contribution in [2.45, 2.75) is 30.2 Å². The molecule has 7 heteroatoms.